The van der Waals surface area contributed by atoms with Gasteiger partial charge < -0.3 is 4.52 Å². The van der Waals surface area contributed by atoms with Crippen LogP contribution in [-0.4, -0.2) is 30.9 Å². The number of aryl methyl sites for hydroxylation is 1. The third-order valence-corrected chi connectivity index (χ3v) is 5.42. The van der Waals surface area contributed by atoms with Crippen LogP contribution in [-0.2, 0) is 22.9 Å². The second-order valence-corrected chi connectivity index (χ2v) is 8.00. The maximum atomic E-state index is 12.9. The highest BCUT2D eigenvalue weighted by atomic mass is 32.2. The fourth-order valence-corrected chi connectivity index (χ4v) is 3.65. The van der Waals surface area contributed by atoms with E-state index in [1.165, 1.54) is 12.1 Å². The summed E-state index contributed by atoms with van der Waals surface area (Å²) in [4.78, 5) is 4.20. The molecular formula is C19H20FN3O3S. The minimum Gasteiger partial charge on any atom is -0.339 e. The van der Waals surface area contributed by atoms with E-state index in [0.717, 1.165) is 5.56 Å². The number of hydrogen-bond acceptors (Lipinski definition) is 5. The van der Waals surface area contributed by atoms with Gasteiger partial charge in [0.15, 0.2) is 0 Å². The number of benzene rings is 2. The van der Waals surface area contributed by atoms with E-state index in [9.17, 15) is 12.8 Å². The highest BCUT2D eigenvalue weighted by Crippen LogP contribution is 2.16. The van der Waals surface area contributed by atoms with E-state index in [1.54, 1.807) is 12.1 Å². The molecule has 0 spiro atoms. The van der Waals surface area contributed by atoms with Crippen molar-refractivity contribution in [1.82, 2.24) is 14.9 Å². The first kappa shape index (κ1) is 19.2. The van der Waals surface area contributed by atoms with Gasteiger partial charge in [0.1, 0.15) is 5.82 Å². The second kappa shape index (κ2) is 8.88. The first-order valence-electron chi connectivity index (χ1n) is 8.62. The van der Waals surface area contributed by atoms with Crippen LogP contribution in [0.1, 0.15) is 17.9 Å². The van der Waals surface area contributed by atoms with Gasteiger partial charge >= 0.3 is 0 Å². The van der Waals surface area contributed by atoms with Crippen molar-refractivity contribution in [2.24, 2.45) is 0 Å². The summed E-state index contributed by atoms with van der Waals surface area (Å²) in [6.45, 7) is 0.179. The van der Waals surface area contributed by atoms with Gasteiger partial charge in [-0.05, 0) is 42.7 Å². The van der Waals surface area contributed by atoms with Crippen molar-refractivity contribution in [3.8, 4) is 11.4 Å². The summed E-state index contributed by atoms with van der Waals surface area (Å²) in [5.74, 6) is 0.383. The normalized spacial score (nSPS) is 11.6. The summed E-state index contributed by atoms with van der Waals surface area (Å²) in [5.41, 5.74) is 1.75. The Hall–Kier alpha value is -2.58. The summed E-state index contributed by atoms with van der Waals surface area (Å²) in [7, 11) is -3.35. The molecule has 0 aliphatic carbocycles. The van der Waals surface area contributed by atoms with E-state index < -0.39 is 10.0 Å². The van der Waals surface area contributed by atoms with Crippen molar-refractivity contribution < 1.29 is 17.3 Å². The summed E-state index contributed by atoms with van der Waals surface area (Å²) in [5, 5.41) is 3.83. The number of halogens is 1. The molecule has 0 fully saturated rings. The second-order valence-electron chi connectivity index (χ2n) is 6.07. The van der Waals surface area contributed by atoms with Gasteiger partial charge in [0.05, 0.1) is 5.75 Å². The number of nitrogens with one attached hydrogen (secondary N) is 1. The zero-order chi connectivity index (χ0) is 19.1. The Labute approximate surface area is 157 Å². The molecule has 6 nitrogen and oxygen atoms in total. The largest absolute Gasteiger partial charge is 0.339 e. The predicted octanol–water partition coefficient (Wildman–Crippen LogP) is 2.97. The molecule has 0 saturated carbocycles. The van der Waals surface area contributed by atoms with Gasteiger partial charge in [-0.25, -0.2) is 17.5 Å². The Morgan fingerprint density at radius 2 is 1.74 bits per heavy atom. The topological polar surface area (TPSA) is 85.1 Å². The molecule has 27 heavy (non-hydrogen) atoms. The monoisotopic (exact) mass is 389 g/mol. The smallest absolute Gasteiger partial charge is 0.228 e. The summed E-state index contributed by atoms with van der Waals surface area (Å²) in [6.07, 6.45) is 1.55. The lowest BCUT2D eigenvalue weighted by Crippen LogP contribution is -2.28. The molecule has 2 aromatic carbocycles. The van der Waals surface area contributed by atoms with Gasteiger partial charge in [0.2, 0.25) is 21.7 Å². The van der Waals surface area contributed by atoms with E-state index in [-0.39, 0.29) is 24.5 Å². The Kier molecular flexibility index (Phi) is 6.31. The standard InChI is InChI=1S/C19H20FN3O3S/c20-17-10-8-16(9-11-17)19-22-18(26-23-19)12-13-21-27(24,25)14-4-7-15-5-2-1-3-6-15/h1-3,5-6,8-11,21H,4,7,12-14H2. The first-order valence-corrected chi connectivity index (χ1v) is 10.3. The molecule has 0 radical (unpaired) electrons. The molecule has 0 saturated heterocycles. The lowest BCUT2D eigenvalue weighted by molar-refractivity contribution is 0.379. The van der Waals surface area contributed by atoms with Crippen LogP contribution in [0.4, 0.5) is 4.39 Å². The first-order chi connectivity index (χ1) is 13.0. The predicted molar refractivity (Wildman–Crippen MR) is 99.9 cm³/mol. The zero-order valence-corrected chi connectivity index (χ0v) is 15.5. The maximum Gasteiger partial charge on any atom is 0.228 e. The van der Waals surface area contributed by atoms with Gasteiger partial charge in [-0.15, -0.1) is 0 Å². The average molecular weight is 389 g/mol. The van der Waals surface area contributed by atoms with Gasteiger partial charge in [0.25, 0.3) is 0 Å². The van der Waals surface area contributed by atoms with E-state index in [4.69, 9.17) is 4.52 Å². The number of hydrogen-bond donors (Lipinski definition) is 1. The summed E-state index contributed by atoms with van der Waals surface area (Å²) in [6, 6.07) is 15.5. The third kappa shape index (κ3) is 5.97. The van der Waals surface area contributed by atoms with Crippen molar-refractivity contribution in [2.75, 3.05) is 12.3 Å². The minimum absolute atomic E-state index is 0.0621. The Morgan fingerprint density at radius 1 is 1.00 bits per heavy atom. The van der Waals surface area contributed by atoms with Gasteiger partial charge in [-0.2, -0.15) is 4.98 Å². The summed E-state index contributed by atoms with van der Waals surface area (Å²) < 4.78 is 44.7. The fourth-order valence-electron chi connectivity index (χ4n) is 2.57. The van der Waals surface area contributed by atoms with Crippen LogP contribution in [0.15, 0.2) is 59.1 Å². The number of rotatable bonds is 9. The summed E-state index contributed by atoms with van der Waals surface area (Å²) >= 11 is 0. The van der Waals surface area contributed by atoms with Gasteiger partial charge in [-0.1, -0.05) is 35.5 Å². The molecule has 8 heteroatoms. The molecule has 0 aliphatic rings. The molecule has 0 unspecified atom stereocenters. The van der Waals surface area contributed by atoms with Gasteiger partial charge in [0, 0.05) is 18.5 Å². The number of nitrogens with zero attached hydrogens (tertiary/aromatic N) is 2. The fraction of sp³-hybridized carbons (Fsp3) is 0.263. The van der Waals surface area contributed by atoms with Crippen LogP contribution in [0.25, 0.3) is 11.4 Å². The van der Waals surface area contributed by atoms with Crippen molar-refractivity contribution >= 4 is 10.0 Å². The van der Waals surface area contributed by atoms with Crippen LogP contribution in [0.5, 0.6) is 0 Å². The van der Waals surface area contributed by atoms with Crippen LogP contribution in [0.2, 0.25) is 0 Å². The Bertz CT molecular complexity index is 957. The highest BCUT2D eigenvalue weighted by molar-refractivity contribution is 7.89. The molecule has 0 aliphatic heterocycles. The van der Waals surface area contributed by atoms with Crippen molar-refractivity contribution in [1.29, 1.82) is 0 Å². The highest BCUT2D eigenvalue weighted by Gasteiger charge is 2.12. The molecule has 1 aromatic heterocycles. The average Bonchev–Trinajstić information content (AvgIpc) is 3.12. The number of sulfonamides is 1. The SMILES string of the molecule is O=S(=O)(CCCc1ccccc1)NCCc1nc(-c2ccc(F)cc2)no1. The Morgan fingerprint density at radius 3 is 2.48 bits per heavy atom. The zero-order valence-electron chi connectivity index (χ0n) is 14.6. The molecule has 1 N–H and O–H groups in total. The Balaban J connectivity index is 1.44. The van der Waals surface area contributed by atoms with Crippen LogP contribution < -0.4 is 4.72 Å². The van der Waals surface area contributed by atoms with Crippen molar-refractivity contribution in [3.63, 3.8) is 0 Å². The van der Waals surface area contributed by atoms with E-state index >= 15 is 0 Å². The third-order valence-electron chi connectivity index (χ3n) is 3.95. The van der Waals surface area contributed by atoms with Crippen molar-refractivity contribution in [2.45, 2.75) is 19.3 Å². The van der Waals surface area contributed by atoms with E-state index in [2.05, 4.69) is 14.9 Å². The quantitative estimate of drug-likeness (QED) is 0.608. The maximum absolute atomic E-state index is 12.9. The molecule has 3 rings (SSSR count). The van der Waals surface area contributed by atoms with Crippen LogP contribution in [0.3, 0.4) is 0 Å². The van der Waals surface area contributed by atoms with Crippen molar-refractivity contribution in [3.05, 3.63) is 71.9 Å². The molecule has 1 heterocycles. The lowest BCUT2D eigenvalue weighted by Gasteiger charge is -2.05. The number of aromatic nitrogens is 2. The molecule has 0 bridgehead atoms. The molecule has 0 amide bonds. The molecule has 3 aromatic rings. The lowest BCUT2D eigenvalue weighted by atomic mass is 10.1. The molecular weight excluding hydrogens is 369 g/mol. The molecule has 0 atom stereocenters. The van der Waals surface area contributed by atoms with Crippen LogP contribution in [0, 0.1) is 5.82 Å². The van der Waals surface area contributed by atoms with Crippen LogP contribution >= 0.6 is 0 Å². The van der Waals surface area contributed by atoms with E-state index in [0.29, 0.717) is 30.1 Å². The van der Waals surface area contributed by atoms with Gasteiger partial charge in [-0.3, -0.25) is 0 Å². The minimum atomic E-state index is -3.35. The van der Waals surface area contributed by atoms with E-state index in [1.807, 2.05) is 30.3 Å². The molecule has 142 valence electrons.